The van der Waals surface area contributed by atoms with E-state index < -0.39 is 6.10 Å². The molecule has 144 valence electrons. The van der Waals surface area contributed by atoms with Crippen molar-refractivity contribution < 1.29 is 19.7 Å². The molecular formula is C21H26N2O4. The number of carbonyl (C=O) groups is 1. The first kappa shape index (κ1) is 19.2. The van der Waals surface area contributed by atoms with Crippen molar-refractivity contribution >= 4 is 11.5 Å². The second-order valence-electron chi connectivity index (χ2n) is 6.83. The van der Waals surface area contributed by atoms with Crippen LogP contribution in [0.2, 0.25) is 0 Å². The lowest BCUT2D eigenvalue weighted by Gasteiger charge is -2.37. The number of hydrogen-bond acceptors (Lipinski definition) is 6. The van der Waals surface area contributed by atoms with Gasteiger partial charge in [-0.25, -0.2) is 0 Å². The van der Waals surface area contributed by atoms with Crippen molar-refractivity contribution in [1.29, 1.82) is 0 Å². The monoisotopic (exact) mass is 370 g/mol. The molecule has 2 aromatic carbocycles. The Morgan fingerprint density at radius 3 is 2.56 bits per heavy atom. The first-order chi connectivity index (χ1) is 13.0. The molecule has 6 nitrogen and oxygen atoms in total. The third-order valence-corrected chi connectivity index (χ3v) is 4.75. The number of hydrogen-bond donors (Lipinski definition) is 2. The van der Waals surface area contributed by atoms with Gasteiger partial charge >= 0.3 is 0 Å². The molecule has 1 unspecified atom stereocenters. The van der Waals surface area contributed by atoms with E-state index in [0.717, 1.165) is 31.9 Å². The number of anilines is 1. The lowest BCUT2D eigenvalue weighted by Crippen LogP contribution is -2.49. The number of Topliss-reactive ketones (excluding diaryl/α,β-unsaturated/α-hetero) is 1. The van der Waals surface area contributed by atoms with Crippen LogP contribution in [-0.2, 0) is 0 Å². The van der Waals surface area contributed by atoms with Crippen LogP contribution in [0.25, 0.3) is 0 Å². The minimum atomic E-state index is -0.609. The van der Waals surface area contributed by atoms with Gasteiger partial charge < -0.3 is 19.8 Å². The highest BCUT2D eigenvalue weighted by molar-refractivity contribution is 5.94. The zero-order valence-electron chi connectivity index (χ0n) is 15.5. The summed E-state index contributed by atoms with van der Waals surface area (Å²) in [5.74, 6) is 0.877. The van der Waals surface area contributed by atoms with Crippen molar-refractivity contribution in [3.63, 3.8) is 0 Å². The molecule has 0 spiro atoms. The van der Waals surface area contributed by atoms with E-state index in [9.17, 15) is 15.0 Å². The molecule has 1 atom stereocenters. The second kappa shape index (κ2) is 8.88. The van der Waals surface area contributed by atoms with Gasteiger partial charge in [-0.3, -0.25) is 9.69 Å². The number of aromatic hydroxyl groups is 1. The summed E-state index contributed by atoms with van der Waals surface area (Å²) < 4.78 is 5.63. The van der Waals surface area contributed by atoms with Crippen LogP contribution in [0, 0.1) is 0 Å². The zero-order chi connectivity index (χ0) is 19.2. The number of aliphatic hydroxyl groups is 1. The van der Waals surface area contributed by atoms with E-state index in [0.29, 0.717) is 23.6 Å². The SMILES string of the molecule is CC(=O)c1cccc(OCC(O)CN2CCN(c3ccccc3O)CC2)c1. The predicted octanol–water partition coefficient (Wildman–Crippen LogP) is 2.16. The Morgan fingerprint density at radius 1 is 1.11 bits per heavy atom. The van der Waals surface area contributed by atoms with Crippen molar-refractivity contribution in [2.24, 2.45) is 0 Å². The summed E-state index contributed by atoms with van der Waals surface area (Å²) >= 11 is 0. The molecule has 1 aliphatic rings. The number of aliphatic hydroxyl groups excluding tert-OH is 1. The molecule has 0 bridgehead atoms. The number of ketones is 1. The van der Waals surface area contributed by atoms with Gasteiger partial charge in [0.2, 0.25) is 0 Å². The van der Waals surface area contributed by atoms with E-state index in [4.69, 9.17) is 4.74 Å². The van der Waals surface area contributed by atoms with Crippen LogP contribution in [0.1, 0.15) is 17.3 Å². The zero-order valence-corrected chi connectivity index (χ0v) is 15.5. The molecule has 0 radical (unpaired) electrons. The van der Waals surface area contributed by atoms with Crippen LogP contribution in [0.4, 0.5) is 5.69 Å². The molecule has 1 aliphatic heterocycles. The van der Waals surface area contributed by atoms with Gasteiger partial charge in [-0.1, -0.05) is 24.3 Å². The first-order valence-electron chi connectivity index (χ1n) is 9.20. The van der Waals surface area contributed by atoms with Crippen molar-refractivity contribution in [1.82, 2.24) is 4.90 Å². The van der Waals surface area contributed by atoms with E-state index in [1.165, 1.54) is 6.92 Å². The summed E-state index contributed by atoms with van der Waals surface area (Å²) in [6, 6.07) is 14.4. The van der Waals surface area contributed by atoms with E-state index in [1.54, 1.807) is 30.3 Å². The standard InChI is InChI=1S/C21H26N2O4/c1-16(24)17-5-4-6-19(13-17)27-15-18(25)14-22-9-11-23(12-10-22)20-7-2-3-8-21(20)26/h2-8,13,18,25-26H,9-12,14-15H2,1H3. The van der Waals surface area contributed by atoms with E-state index >= 15 is 0 Å². The smallest absolute Gasteiger partial charge is 0.159 e. The van der Waals surface area contributed by atoms with E-state index in [1.807, 2.05) is 18.2 Å². The Balaban J connectivity index is 1.44. The number of phenols is 1. The fourth-order valence-electron chi connectivity index (χ4n) is 3.25. The van der Waals surface area contributed by atoms with Gasteiger partial charge in [0.1, 0.15) is 24.2 Å². The number of piperazine rings is 1. The Bertz CT molecular complexity index is 772. The average Bonchev–Trinajstić information content (AvgIpc) is 2.68. The lowest BCUT2D eigenvalue weighted by molar-refractivity contribution is 0.0662. The summed E-state index contributed by atoms with van der Waals surface area (Å²) in [5.41, 5.74) is 1.45. The fraction of sp³-hybridized carbons (Fsp3) is 0.381. The fourth-order valence-corrected chi connectivity index (χ4v) is 3.25. The summed E-state index contributed by atoms with van der Waals surface area (Å²) in [7, 11) is 0. The maximum absolute atomic E-state index is 11.4. The average molecular weight is 370 g/mol. The number of carbonyl (C=O) groups excluding carboxylic acids is 1. The van der Waals surface area contributed by atoms with Crippen LogP contribution in [-0.4, -0.2) is 66.3 Å². The third kappa shape index (κ3) is 5.21. The predicted molar refractivity (Wildman–Crippen MR) is 105 cm³/mol. The van der Waals surface area contributed by atoms with Gasteiger partial charge in [-0.15, -0.1) is 0 Å². The molecule has 3 rings (SSSR count). The van der Waals surface area contributed by atoms with Crippen molar-refractivity contribution in [3.05, 3.63) is 54.1 Å². The Morgan fingerprint density at radius 2 is 1.85 bits per heavy atom. The molecular weight excluding hydrogens is 344 g/mol. The van der Waals surface area contributed by atoms with Crippen LogP contribution >= 0.6 is 0 Å². The summed E-state index contributed by atoms with van der Waals surface area (Å²) in [4.78, 5) is 15.8. The number of para-hydroxylation sites is 2. The van der Waals surface area contributed by atoms with Crippen molar-refractivity contribution in [3.8, 4) is 11.5 Å². The van der Waals surface area contributed by atoms with E-state index in [2.05, 4.69) is 9.80 Å². The minimum absolute atomic E-state index is 0.0108. The minimum Gasteiger partial charge on any atom is -0.506 e. The highest BCUT2D eigenvalue weighted by Gasteiger charge is 2.21. The maximum atomic E-state index is 11.4. The van der Waals surface area contributed by atoms with Crippen LogP contribution in [0.5, 0.6) is 11.5 Å². The number of phenolic OH excluding ortho intramolecular Hbond substituents is 1. The van der Waals surface area contributed by atoms with Gasteiger partial charge in [0.15, 0.2) is 5.78 Å². The first-order valence-corrected chi connectivity index (χ1v) is 9.20. The second-order valence-corrected chi connectivity index (χ2v) is 6.83. The van der Waals surface area contributed by atoms with Gasteiger partial charge in [0.05, 0.1) is 5.69 Å². The highest BCUT2D eigenvalue weighted by Crippen LogP contribution is 2.27. The quantitative estimate of drug-likeness (QED) is 0.728. The van der Waals surface area contributed by atoms with Crippen molar-refractivity contribution in [2.45, 2.75) is 13.0 Å². The molecule has 1 heterocycles. The molecule has 1 fully saturated rings. The summed E-state index contributed by atoms with van der Waals surface area (Å²) in [6.07, 6.45) is -0.609. The van der Waals surface area contributed by atoms with Gasteiger partial charge in [0, 0.05) is 38.3 Å². The highest BCUT2D eigenvalue weighted by atomic mass is 16.5. The normalized spacial score (nSPS) is 16.1. The number of rotatable bonds is 7. The molecule has 0 aromatic heterocycles. The number of nitrogens with zero attached hydrogens (tertiary/aromatic N) is 2. The maximum Gasteiger partial charge on any atom is 0.159 e. The number of benzene rings is 2. The molecule has 0 saturated carbocycles. The van der Waals surface area contributed by atoms with Gasteiger partial charge in [-0.05, 0) is 31.2 Å². The van der Waals surface area contributed by atoms with Gasteiger partial charge in [-0.2, -0.15) is 0 Å². The Labute approximate surface area is 159 Å². The molecule has 27 heavy (non-hydrogen) atoms. The summed E-state index contributed by atoms with van der Waals surface area (Å²) in [5, 5.41) is 20.3. The molecule has 1 saturated heterocycles. The van der Waals surface area contributed by atoms with E-state index in [-0.39, 0.29) is 12.4 Å². The van der Waals surface area contributed by atoms with Crippen LogP contribution in [0.15, 0.2) is 48.5 Å². The largest absolute Gasteiger partial charge is 0.506 e. The molecule has 2 N–H and O–H groups in total. The topological polar surface area (TPSA) is 73.2 Å². The van der Waals surface area contributed by atoms with Crippen molar-refractivity contribution in [2.75, 3.05) is 44.2 Å². The van der Waals surface area contributed by atoms with Crippen LogP contribution in [0.3, 0.4) is 0 Å². The molecule has 6 heteroatoms. The summed E-state index contributed by atoms with van der Waals surface area (Å²) in [6.45, 7) is 5.44. The Hall–Kier alpha value is -2.57. The third-order valence-electron chi connectivity index (χ3n) is 4.75. The van der Waals surface area contributed by atoms with Crippen LogP contribution < -0.4 is 9.64 Å². The lowest BCUT2D eigenvalue weighted by atomic mass is 10.1. The number of ether oxygens (including phenoxy) is 1. The number of β-amino-alcohol motifs (C(OH)–C–C–N with tert-alkyl or cyclic N) is 1. The Kier molecular flexibility index (Phi) is 6.32. The van der Waals surface area contributed by atoms with Gasteiger partial charge in [0.25, 0.3) is 0 Å². The molecule has 2 aromatic rings. The molecule has 0 amide bonds. The molecule has 0 aliphatic carbocycles.